The van der Waals surface area contributed by atoms with Crippen molar-refractivity contribution < 1.29 is 9.90 Å². The van der Waals surface area contributed by atoms with E-state index in [-0.39, 0.29) is 11.8 Å². The Morgan fingerprint density at radius 3 is 2.91 bits per heavy atom. The largest absolute Gasteiger partial charge is 0.396 e. The lowest BCUT2D eigenvalue weighted by Gasteiger charge is -2.12. The number of aliphatic hydroxyl groups is 1. The third kappa shape index (κ3) is 2.71. The second-order valence-corrected chi connectivity index (χ2v) is 3.58. The zero-order valence-corrected chi connectivity index (χ0v) is 7.27. The standard InChI is InChI=1S/C7H13NO2S/c9-5-2-1-3-8-4-6-11-7(8)10/h9H,1-6H2. The quantitative estimate of drug-likeness (QED) is 0.646. The van der Waals surface area contributed by atoms with Crippen molar-refractivity contribution in [3.8, 4) is 0 Å². The molecule has 0 unspecified atom stereocenters. The van der Waals surface area contributed by atoms with Crippen LogP contribution >= 0.6 is 11.8 Å². The molecule has 0 aromatic carbocycles. The fourth-order valence-electron chi connectivity index (χ4n) is 1.04. The molecule has 0 aromatic heterocycles. The van der Waals surface area contributed by atoms with Crippen molar-refractivity contribution in [2.75, 3.05) is 25.4 Å². The molecule has 3 nitrogen and oxygen atoms in total. The van der Waals surface area contributed by atoms with E-state index in [4.69, 9.17) is 5.11 Å². The first-order valence-electron chi connectivity index (χ1n) is 3.87. The Morgan fingerprint density at radius 2 is 2.36 bits per heavy atom. The number of aliphatic hydroxyl groups excluding tert-OH is 1. The van der Waals surface area contributed by atoms with E-state index in [0.29, 0.717) is 0 Å². The summed E-state index contributed by atoms with van der Waals surface area (Å²) in [5, 5.41) is 8.69. The summed E-state index contributed by atoms with van der Waals surface area (Å²) in [6.07, 6.45) is 1.72. The number of thioether (sulfide) groups is 1. The highest BCUT2D eigenvalue weighted by molar-refractivity contribution is 8.13. The van der Waals surface area contributed by atoms with Crippen molar-refractivity contribution in [2.45, 2.75) is 12.8 Å². The molecule has 1 saturated heterocycles. The van der Waals surface area contributed by atoms with Gasteiger partial charge in [-0.25, -0.2) is 0 Å². The van der Waals surface area contributed by atoms with Crippen LogP contribution < -0.4 is 0 Å². The van der Waals surface area contributed by atoms with Crippen LogP contribution in [0.3, 0.4) is 0 Å². The van der Waals surface area contributed by atoms with Gasteiger partial charge >= 0.3 is 0 Å². The molecule has 1 aliphatic rings. The molecule has 1 heterocycles. The first-order valence-corrected chi connectivity index (χ1v) is 4.85. The number of hydrogen-bond acceptors (Lipinski definition) is 3. The highest BCUT2D eigenvalue weighted by Crippen LogP contribution is 2.17. The number of hydrogen-bond donors (Lipinski definition) is 1. The van der Waals surface area contributed by atoms with Gasteiger partial charge in [0.1, 0.15) is 0 Å². The first kappa shape index (κ1) is 8.87. The predicted molar refractivity (Wildman–Crippen MR) is 45.7 cm³/mol. The minimum Gasteiger partial charge on any atom is -0.396 e. The molecule has 1 rings (SSSR count). The van der Waals surface area contributed by atoms with Crippen LogP contribution in [-0.2, 0) is 0 Å². The second kappa shape index (κ2) is 4.62. The lowest BCUT2D eigenvalue weighted by Crippen LogP contribution is -2.24. The van der Waals surface area contributed by atoms with Crippen molar-refractivity contribution >= 4 is 17.0 Å². The van der Waals surface area contributed by atoms with Crippen LogP contribution in [0.5, 0.6) is 0 Å². The number of unbranched alkanes of at least 4 members (excludes halogenated alkanes) is 1. The van der Waals surface area contributed by atoms with E-state index in [0.717, 1.165) is 31.7 Å². The van der Waals surface area contributed by atoms with E-state index in [1.54, 1.807) is 0 Å². The van der Waals surface area contributed by atoms with Gasteiger partial charge in [-0.05, 0) is 12.8 Å². The van der Waals surface area contributed by atoms with Gasteiger partial charge in [-0.2, -0.15) is 0 Å². The average molecular weight is 175 g/mol. The molecule has 0 aliphatic carbocycles. The third-order valence-corrected chi connectivity index (χ3v) is 2.57. The Kier molecular flexibility index (Phi) is 3.72. The van der Waals surface area contributed by atoms with Gasteiger partial charge in [0.25, 0.3) is 5.24 Å². The molecular weight excluding hydrogens is 162 g/mol. The topological polar surface area (TPSA) is 40.5 Å². The van der Waals surface area contributed by atoms with Gasteiger partial charge in [-0.15, -0.1) is 0 Å². The maximum absolute atomic E-state index is 11.0. The van der Waals surface area contributed by atoms with Crippen molar-refractivity contribution in [1.82, 2.24) is 4.90 Å². The molecule has 64 valence electrons. The molecule has 0 radical (unpaired) electrons. The van der Waals surface area contributed by atoms with Crippen LogP contribution in [0.4, 0.5) is 4.79 Å². The molecule has 0 saturated carbocycles. The third-order valence-electron chi connectivity index (χ3n) is 1.68. The van der Waals surface area contributed by atoms with Crippen molar-refractivity contribution in [2.24, 2.45) is 0 Å². The van der Waals surface area contributed by atoms with Crippen molar-refractivity contribution in [3.63, 3.8) is 0 Å². The van der Waals surface area contributed by atoms with E-state index in [9.17, 15) is 4.79 Å². The van der Waals surface area contributed by atoms with Crippen molar-refractivity contribution in [3.05, 3.63) is 0 Å². The molecule has 1 amide bonds. The highest BCUT2D eigenvalue weighted by atomic mass is 32.2. The van der Waals surface area contributed by atoms with Gasteiger partial charge in [0.05, 0.1) is 0 Å². The molecule has 0 aromatic rings. The minimum atomic E-state index is 0.197. The SMILES string of the molecule is O=C1SCCN1CCCCO. The fourth-order valence-corrected chi connectivity index (χ4v) is 1.89. The molecule has 0 spiro atoms. The molecule has 1 fully saturated rings. The van der Waals surface area contributed by atoms with Gasteiger partial charge in [0, 0.05) is 25.4 Å². The van der Waals surface area contributed by atoms with Crippen LogP contribution in [0.15, 0.2) is 0 Å². The Labute approximate surface area is 70.8 Å². The Bertz CT molecular complexity index is 140. The van der Waals surface area contributed by atoms with Crippen LogP contribution in [0.25, 0.3) is 0 Å². The maximum atomic E-state index is 11.0. The number of nitrogens with zero attached hydrogens (tertiary/aromatic N) is 1. The summed E-state index contributed by atoms with van der Waals surface area (Å²) in [5.74, 6) is 0.929. The molecule has 1 aliphatic heterocycles. The normalized spacial score (nSPS) is 17.9. The van der Waals surface area contributed by atoms with Crippen LogP contribution in [0.2, 0.25) is 0 Å². The maximum Gasteiger partial charge on any atom is 0.281 e. The number of carbonyl (C=O) groups is 1. The summed E-state index contributed by atoms with van der Waals surface area (Å²) in [7, 11) is 0. The van der Waals surface area contributed by atoms with Crippen LogP contribution in [-0.4, -0.2) is 40.7 Å². The molecule has 0 bridgehead atoms. The van der Waals surface area contributed by atoms with Crippen LogP contribution in [0.1, 0.15) is 12.8 Å². The number of amides is 1. The second-order valence-electron chi connectivity index (χ2n) is 2.53. The molecule has 1 N–H and O–H groups in total. The predicted octanol–water partition coefficient (Wildman–Crippen LogP) is 0.928. The van der Waals surface area contributed by atoms with E-state index in [2.05, 4.69) is 0 Å². The zero-order chi connectivity index (χ0) is 8.10. The monoisotopic (exact) mass is 175 g/mol. The lowest BCUT2D eigenvalue weighted by atomic mass is 10.3. The van der Waals surface area contributed by atoms with E-state index in [1.165, 1.54) is 11.8 Å². The van der Waals surface area contributed by atoms with E-state index >= 15 is 0 Å². The van der Waals surface area contributed by atoms with Gasteiger partial charge < -0.3 is 10.0 Å². The summed E-state index contributed by atoms with van der Waals surface area (Å²) in [6.45, 7) is 1.93. The minimum absolute atomic E-state index is 0.197. The van der Waals surface area contributed by atoms with Crippen molar-refractivity contribution in [1.29, 1.82) is 0 Å². The number of carbonyl (C=O) groups excluding carboxylic acids is 1. The highest BCUT2D eigenvalue weighted by Gasteiger charge is 2.19. The first-order chi connectivity index (χ1) is 5.34. The zero-order valence-electron chi connectivity index (χ0n) is 6.45. The van der Waals surface area contributed by atoms with Gasteiger partial charge in [0.2, 0.25) is 0 Å². The summed E-state index contributed by atoms with van der Waals surface area (Å²) in [5.41, 5.74) is 0. The Balaban J connectivity index is 2.10. The summed E-state index contributed by atoms with van der Waals surface area (Å²) < 4.78 is 0. The van der Waals surface area contributed by atoms with E-state index < -0.39 is 0 Å². The smallest absolute Gasteiger partial charge is 0.281 e. The molecule has 4 heteroatoms. The van der Waals surface area contributed by atoms with E-state index in [1.807, 2.05) is 4.90 Å². The Morgan fingerprint density at radius 1 is 1.55 bits per heavy atom. The van der Waals surface area contributed by atoms with Gasteiger partial charge in [-0.1, -0.05) is 11.8 Å². The molecular formula is C7H13NO2S. The lowest BCUT2D eigenvalue weighted by molar-refractivity contribution is 0.224. The summed E-state index contributed by atoms with van der Waals surface area (Å²) in [4.78, 5) is 12.8. The molecule has 11 heavy (non-hydrogen) atoms. The Hall–Kier alpha value is -0.220. The molecule has 0 atom stereocenters. The summed E-state index contributed by atoms with van der Waals surface area (Å²) in [6, 6.07) is 0. The fraction of sp³-hybridized carbons (Fsp3) is 0.857. The average Bonchev–Trinajstić information content (AvgIpc) is 2.37. The number of rotatable bonds is 4. The summed E-state index contributed by atoms with van der Waals surface area (Å²) >= 11 is 1.39. The van der Waals surface area contributed by atoms with Gasteiger partial charge in [0.15, 0.2) is 0 Å². The van der Waals surface area contributed by atoms with Crippen LogP contribution in [0, 0.1) is 0 Å². The van der Waals surface area contributed by atoms with Gasteiger partial charge in [-0.3, -0.25) is 4.79 Å².